The van der Waals surface area contributed by atoms with E-state index >= 15 is 0 Å². The summed E-state index contributed by atoms with van der Waals surface area (Å²) < 4.78 is 4.95. The zero-order chi connectivity index (χ0) is 54.7. The van der Waals surface area contributed by atoms with Crippen molar-refractivity contribution in [3.63, 3.8) is 0 Å². The number of unbranched alkanes of at least 4 members (excludes halogenated alkanes) is 1. The molecule has 0 aromatic heterocycles. The number of amides is 5. The Hall–Kier alpha value is -7.74. The maximum atomic E-state index is 14.5. The summed E-state index contributed by atoms with van der Waals surface area (Å²) in [5.74, 6) is -7.85. The van der Waals surface area contributed by atoms with E-state index in [4.69, 9.17) is 9.84 Å². The van der Waals surface area contributed by atoms with Gasteiger partial charge in [-0.3, -0.25) is 58.0 Å². The van der Waals surface area contributed by atoms with Gasteiger partial charge in [0.15, 0.2) is 6.23 Å². The third kappa shape index (κ3) is 23.3. The third-order valence-corrected chi connectivity index (χ3v) is 12.1. The van der Waals surface area contributed by atoms with Gasteiger partial charge in [-0.15, -0.1) is 0 Å². The molecule has 5 amide bonds. The van der Waals surface area contributed by atoms with Crippen molar-refractivity contribution >= 4 is 70.8 Å². The van der Waals surface area contributed by atoms with Crippen molar-refractivity contribution in [1.29, 1.82) is 0 Å². The number of urea groups is 1. The van der Waals surface area contributed by atoms with Crippen LogP contribution in [-0.4, -0.2) is 215 Å². The Morgan fingerprint density at radius 2 is 1.04 bits per heavy atom. The first-order valence-electron chi connectivity index (χ1n) is 24.4. The molecule has 1 saturated heterocycles. The maximum absolute atomic E-state index is 14.5. The smallest absolute Gasteiger partial charge is 0.326 e. The van der Waals surface area contributed by atoms with Crippen molar-refractivity contribution < 1.29 is 78.2 Å². The van der Waals surface area contributed by atoms with Crippen LogP contribution in [0.4, 0.5) is 4.79 Å². The number of carbonyl (C=O) groups is 10. The number of aliphatic carboxylic acids is 5. The topological polar surface area (TPSA) is 354 Å². The standard InChI is InChI=1S/C50H67N9O16/c60-33-75-42(55-50(74)54-38(49(72)73)15-16-43(62)63)12-6-7-17-51-47(70)39(28-35-13-14-36-10-4-5-11-37(36)26-35)53-48(71)40(27-34-8-2-1-3-9-34)52-41(61)29-56-18-20-57(30-44(64)65)22-24-59(32-46(68)69)25-23-58(21-19-56)31-45(66)67/h1-5,8-11,13-14,26,33,38-40,42H,6-7,12,15-25,27-32H2,(H,51,70)(H,52,61)(H,53,71)(H,62,63)(H,64,65)(H,66,67)(H,68,69)(H,72,73)(H2,54,55,74)/t38-,39-,40-,42+/m0/s1. The molecule has 408 valence electrons. The first kappa shape index (κ1) is 59.8. The fourth-order valence-electron chi connectivity index (χ4n) is 8.27. The predicted octanol–water partition coefficient (Wildman–Crippen LogP) is -0.527. The number of rotatable bonds is 29. The normalized spacial score (nSPS) is 15.8. The molecule has 4 atom stereocenters. The number of hydrogen-bond acceptors (Lipinski definition) is 15. The van der Waals surface area contributed by atoms with E-state index in [1.54, 1.807) is 49.9 Å². The quantitative estimate of drug-likeness (QED) is 0.0237. The second-order valence-corrected chi connectivity index (χ2v) is 18.0. The van der Waals surface area contributed by atoms with Gasteiger partial charge >= 0.3 is 35.9 Å². The molecule has 1 heterocycles. The number of benzene rings is 3. The van der Waals surface area contributed by atoms with E-state index in [2.05, 4.69) is 26.6 Å². The molecule has 0 spiro atoms. The summed E-state index contributed by atoms with van der Waals surface area (Å²) in [6.07, 6.45) is -1.46. The van der Waals surface area contributed by atoms with Gasteiger partial charge in [0.2, 0.25) is 17.7 Å². The molecule has 3 aromatic rings. The first-order chi connectivity index (χ1) is 35.9. The highest BCUT2D eigenvalue weighted by Crippen LogP contribution is 2.17. The van der Waals surface area contributed by atoms with E-state index in [-0.39, 0.29) is 124 Å². The van der Waals surface area contributed by atoms with Gasteiger partial charge in [0, 0.05) is 84.6 Å². The number of carbonyl (C=O) groups excluding carboxylic acids is 5. The number of nitrogens with zero attached hydrogens (tertiary/aromatic N) is 4. The lowest BCUT2D eigenvalue weighted by Gasteiger charge is -2.33. The molecule has 0 saturated carbocycles. The largest absolute Gasteiger partial charge is 0.481 e. The summed E-state index contributed by atoms with van der Waals surface area (Å²) in [4.78, 5) is 131. The van der Waals surface area contributed by atoms with Crippen LogP contribution in [-0.2, 0) is 60.7 Å². The lowest BCUT2D eigenvalue weighted by molar-refractivity contribution is -0.141. The molecule has 25 heteroatoms. The van der Waals surface area contributed by atoms with Gasteiger partial charge in [-0.25, -0.2) is 9.59 Å². The highest BCUT2D eigenvalue weighted by Gasteiger charge is 2.29. The van der Waals surface area contributed by atoms with Gasteiger partial charge in [0.05, 0.1) is 26.2 Å². The molecule has 1 aliphatic heterocycles. The van der Waals surface area contributed by atoms with Crippen LogP contribution in [0.15, 0.2) is 72.8 Å². The monoisotopic (exact) mass is 1050 g/mol. The molecular formula is C50H67N9O16. The first-order valence-corrected chi connectivity index (χ1v) is 24.4. The van der Waals surface area contributed by atoms with Gasteiger partial charge in [-0.1, -0.05) is 72.8 Å². The van der Waals surface area contributed by atoms with Crippen LogP contribution in [0, 0.1) is 0 Å². The summed E-state index contributed by atoms with van der Waals surface area (Å²) >= 11 is 0. The van der Waals surface area contributed by atoms with Crippen LogP contribution in [0.1, 0.15) is 43.2 Å². The molecular weight excluding hydrogens is 983 g/mol. The Bertz CT molecular complexity index is 2380. The third-order valence-electron chi connectivity index (χ3n) is 12.1. The van der Waals surface area contributed by atoms with Gasteiger partial charge < -0.3 is 56.9 Å². The molecule has 0 bridgehead atoms. The fraction of sp³-hybridized carbons (Fsp3) is 0.480. The lowest BCUT2D eigenvalue weighted by atomic mass is 10.00. The second kappa shape index (κ2) is 31.8. The molecule has 3 aromatic carbocycles. The van der Waals surface area contributed by atoms with Crippen LogP contribution in [0.25, 0.3) is 10.8 Å². The molecule has 4 rings (SSSR count). The van der Waals surface area contributed by atoms with Crippen LogP contribution in [0.5, 0.6) is 0 Å². The van der Waals surface area contributed by atoms with Crippen molar-refractivity contribution in [2.75, 3.05) is 85.1 Å². The van der Waals surface area contributed by atoms with E-state index in [1.165, 1.54) is 0 Å². The van der Waals surface area contributed by atoms with Crippen molar-refractivity contribution in [2.45, 2.75) is 69.3 Å². The van der Waals surface area contributed by atoms with Crippen molar-refractivity contribution in [3.8, 4) is 0 Å². The van der Waals surface area contributed by atoms with Crippen molar-refractivity contribution in [2.24, 2.45) is 0 Å². The zero-order valence-electron chi connectivity index (χ0n) is 41.5. The molecule has 25 nitrogen and oxygen atoms in total. The van der Waals surface area contributed by atoms with Crippen LogP contribution in [0.2, 0.25) is 0 Å². The Morgan fingerprint density at radius 3 is 1.57 bits per heavy atom. The average molecular weight is 1050 g/mol. The van der Waals surface area contributed by atoms with E-state index in [0.717, 1.165) is 10.8 Å². The second-order valence-electron chi connectivity index (χ2n) is 18.0. The van der Waals surface area contributed by atoms with Gasteiger partial charge in [-0.2, -0.15) is 0 Å². The van der Waals surface area contributed by atoms with E-state index < -0.39 is 90.8 Å². The summed E-state index contributed by atoms with van der Waals surface area (Å²) in [7, 11) is 0. The minimum atomic E-state index is -1.53. The fourth-order valence-corrected chi connectivity index (χ4v) is 8.27. The van der Waals surface area contributed by atoms with Crippen LogP contribution in [0.3, 0.4) is 0 Å². The highest BCUT2D eigenvalue weighted by atomic mass is 16.5. The van der Waals surface area contributed by atoms with Crippen molar-refractivity contribution in [1.82, 2.24) is 46.2 Å². The zero-order valence-corrected chi connectivity index (χ0v) is 41.5. The Labute approximate surface area is 432 Å². The van der Waals surface area contributed by atoms with Crippen LogP contribution < -0.4 is 26.6 Å². The maximum Gasteiger partial charge on any atom is 0.326 e. The Kier molecular flexibility index (Phi) is 25.3. The van der Waals surface area contributed by atoms with Gasteiger partial charge in [0.1, 0.15) is 18.1 Å². The summed E-state index contributed by atoms with van der Waals surface area (Å²) in [5.41, 5.74) is 1.40. The molecule has 1 aliphatic rings. The molecule has 0 aliphatic carbocycles. The number of carboxylic acid groups (broad SMARTS) is 5. The summed E-state index contributed by atoms with van der Waals surface area (Å²) in [6.45, 7) is 0.209. The summed E-state index contributed by atoms with van der Waals surface area (Å²) in [5, 5.41) is 61.9. The van der Waals surface area contributed by atoms with E-state index in [0.29, 0.717) is 11.1 Å². The molecule has 1 fully saturated rings. The average Bonchev–Trinajstić information content (AvgIpc) is 3.35. The summed E-state index contributed by atoms with van der Waals surface area (Å²) in [6, 6.07) is 17.1. The molecule has 10 N–H and O–H groups in total. The van der Waals surface area contributed by atoms with E-state index in [9.17, 15) is 68.4 Å². The Balaban J connectivity index is 1.50. The number of ether oxygens (including phenoxy) is 1. The van der Waals surface area contributed by atoms with Gasteiger partial charge in [0.25, 0.3) is 6.47 Å². The van der Waals surface area contributed by atoms with Crippen LogP contribution >= 0.6 is 0 Å². The number of hydrogen-bond donors (Lipinski definition) is 10. The number of fused-ring (bicyclic) bond motifs is 1. The molecule has 75 heavy (non-hydrogen) atoms. The highest BCUT2D eigenvalue weighted by molar-refractivity contribution is 5.93. The van der Waals surface area contributed by atoms with E-state index in [1.807, 2.05) is 42.5 Å². The van der Waals surface area contributed by atoms with Gasteiger partial charge in [-0.05, 0) is 41.2 Å². The Morgan fingerprint density at radius 1 is 0.520 bits per heavy atom. The SMILES string of the molecule is O=CO[C@H](CCCCNC(=O)[C@H](Cc1ccc2ccccc2c1)NC(=O)[C@H](Cc1ccccc1)NC(=O)CN1CCN(CC(=O)O)CCN(CC(=O)O)CCN(CC(=O)O)CC1)NC(=O)N[C@@H](CCC(=O)O)C(=O)O. The minimum Gasteiger partial charge on any atom is -0.481 e. The lowest BCUT2D eigenvalue weighted by Crippen LogP contribution is -2.56. The number of nitrogens with one attached hydrogen (secondary N) is 5. The number of carboxylic acids is 5. The van der Waals surface area contributed by atoms with Crippen molar-refractivity contribution in [3.05, 3.63) is 83.9 Å². The minimum absolute atomic E-state index is 0.0176. The molecule has 0 unspecified atom stereocenters. The predicted molar refractivity (Wildman–Crippen MR) is 268 cm³/mol. The molecule has 0 radical (unpaired) electrons.